The lowest BCUT2D eigenvalue weighted by Gasteiger charge is -2.31. The average molecular weight is 342 g/mol. The quantitative estimate of drug-likeness (QED) is 0.868. The SMILES string of the molecule is Nc1ncc(-c2ccc3c(c2)OCO3)nc1N1CCC(C(=O)O)CC1. The van der Waals surface area contributed by atoms with Crippen molar-refractivity contribution in [2.45, 2.75) is 12.8 Å². The van der Waals surface area contributed by atoms with E-state index in [9.17, 15) is 4.79 Å². The number of ether oxygens (including phenoxy) is 2. The number of nitrogen functional groups attached to an aromatic ring is 1. The minimum Gasteiger partial charge on any atom is -0.481 e. The molecule has 0 bridgehead atoms. The number of aromatic nitrogens is 2. The van der Waals surface area contributed by atoms with Gasteiger partial charge in [0.05, 0.1) is 17.8 Å². The molecule has 1 aromatic heterocycles. The van der Waals surface area contributed by atoms with Crippen molar-refractivity contribution in [3.05, 3.63) is 24.4 Å². The number of carboxylic acids is 1. The first-order chi connectivity index (χ1) is 12.1. The molecule has 1 saturated heterocycles. The summed E-state index contributed by atoms with van der Waals surface area (Å²) in [6.45, 7) is 1.41. The highest BCUT2D eigenvalue weighted by molar-refractivity contribution is 5.71. The zero-order chi connectivity index (χ0) is 17.4. The largest absolute Gasteiger partial charge is 0.481 e. The van der Waals surface area contributed by atoms with Gasteiger partial charge in [0.2, 0.25) is 6.79 Å². The van der Waals surface area contributed by atoms with Gasteiger partial charge in [0.25, 0.3) is 0 Å². The third-order valence-corrected chi connectivity index (χ3v) is 4.59. The number of nitrogens with two attached hydrogens (primary N) is 1. The monoisotopic (exact) mass is 342 g/mol. The number of rotatable bonds is 3. The standard InChI is InChI=1S/C17H18N4O4/c18-15-16(21-5-3-10(4-6-21)17(22)23)20-12(8-19-15)11-1-2-13-14(7-11)25-9-24-13/h1-2,7-8,10H,3-6,9H2,(H2,18,19)(H,22,23). The van der Waals surface area contributed by atoms with Crippen LogP contribution in [0.1, 0.15) is 12.8 Å². The fraction of sp³-hybridized carbons (Fsp3) is 0.353. The van der Waals surface area contributed by atoms with Crippen LogP contribution >= 0.6 is 0 Å². The van der Waals surface area contributed by atoms with E-state index >= 15 is 0 Å². The van der Waals surface area contributed by atoms with Crippen LogP contribution in [0.25, 0.3) is 11.3 Å². The van der Waals surface area contributed by atoms with Crippen molar-refractivity contribution in [1.29, 1.82) is 0 Å². The molecule has 8 heteroatoms. The van der Waals surface area contributed by atoms with Gasteiger partial charge in [-0.25, -0.2) is 9.97 Å². The molecule has 0 aliphatic carbocycles. The number of carboxylic acid groups (broad SMARTS) is 1. The Morgan fingerprint density at radius 1 is 1.24 bits per heavy atom. The average Bonchev–Trinajstić information content (AvgIpc) is 3.10. The summed E-state index contributed by atoms with van der Waals surface area (Å²) in [4.78, 5) is 22.0. The number of hydrogen-bond acceptors (Lipinski definition) is 7. The van der Waals surface area contributed by atoms with Gasteiger partial charge < -0.3 is 25.2 Å². The third-order valence-electron chi connectivity index (χ3n) is 4.59. The first-order valence-electron chi connectivity index (χ1n) is 8.12. The van der Waals surface area contributed by atoms with Gasteiger partial charge in [-0.1, -0.05) is 0 Å². The Labute approximate surface area is 144 Å². The summed E-state index contributed by atoms with van der Waals surface area (Å²) in [7, 11) is 0. The molecule has 1 aromatic carbocycles. The molecule has 2 aliphatic heterocycles. The Morgan fingerprint density at radius 2 is 2.00 bits per heavy atom. The van der Waals surface area contributed by atoms with Crippen LogP contribution in [0.3, 0.4) is 0 Å². The molecule has 8 nitrogen and oxygen atoms in total. The lowest BCUT2D eigenvalue weighted by Crippen LogP contribution is -2.37. The summed E-state index contributed by atoms with van der Waals surface area (Å²) >= 11 is 0. The number of hydrogen-bond donors (Lipinski definition) is 2. The van der Waals surface area contributed by atoms with Crippen LogP contribution in [0, 0.1) is 5.92 Å². The molecule has 1 fully saturated rings. The highest BCUT2D eigenvalue weighted by Crippen LogP contribution is 2.36. The number of aliphatic carboxylic acids is 1. The molecular weight excluding hydrogens is 324 g/mol. The molecule has 4 rings (SSSR count). The maximum Gasteiger partial charge on any atom is 0.306 e. The van der Waals surface area contributed by atoms with Crippen molar-refractivity contribution in [3.8, 4) is 22.8 Å². The Kier molecular flexibility index (Phi) is 3.79. The maximum atomic E-state index is 11.1. The van der Waals surface area contributed by atoms with Crippen LogP contribution in [0.5, 0.6) is 11.5 Å². The van der Waals surface area contributed by atoms with E-state index in [1.165, 1.54) is 0 Å². The predicted molar refractivity (Wildman–Crippen MR) is 90.6 cm³/mol. The molecule has 3 heterocycles. The molecule has 130 valence electrons. The van der Waals surface area contributed by atoms with Gasteiger partial charge in [0.1, 0.15) is 0 Å². The summed E-state index contributed by atoms with van der Waals surface area (Å²) in [6, 6.07) is 5.60. The molecule has 0 radical (unpaired) electrons. The molecule has 2 aliphatic rings. The summed E-state index contributed by atoms with van der Waals surface area (Å²) in [5.74, 6) is 1.29. The van der Waals surface area contributed by atoms with Gasteiger partial charge in [-0.2, -0.15) is 0 Å². The van der Waals surface area contributed by atoms with Crippen LogP contribution in [0.2, 0.25) is 0 Å². The zero-order valence-corrected chi connectivity index (χ0v) is 13.5. The van der Waals surface area contributed by atoms with E-state index in [4.69, 9.17) is 20.3 Å². The molecular formula is C17H18N4O4. The molecule has 0 atom stereocenters. The molecule has 0 unspecified atom stereocenters. The number of carbonyl (C=O) groups is 1. The highest BCUT2D eigenvalue weighted by Gasteiger charge is 2.26. The second-order valence-corrected chi connectivity index (χ2v) is 6.13. The lowest BCUT2D eigenvalue weighted by molar-refractivity contribution is -0.142. The smallest absolute Gasteiger partial charge is 0.306 e. The molecule has 3 N–H and O–H groups in total. The first-order valence-corrected chi connectivity index (χ1v) is 8.12. The first kappa shape index (κ1) is 15.5. The number of piperidine rings is 1. The normalized spacial score (nSPS) is 16.9. The number of nitrogens with zero attached hydrogens (tertiary/aromatic N) is 3. The van der Waals surface area contributed by atoms with Crippen LogP contribution in [0.4, 0.5) is 11.6 Å². The van der Waals surface area contributed by atoms with Gasteiger partial charge in [-0.05, 0) is 31.0 Å². The third kappa shape index (κ3) is 2.90. The van der Waals surface area contributed by atoms with Gasteiger partial charge in [-0.3, -0.25) is 4.79 Å². The number of fused-ring (bicyclic) bond motifs is 1. The van der Waals surface area contributed by atoms with Gasteiger partial charge in [-0.15, -0.1) is 0 Å². The van der Waals surface area contributed by atoms with Crippen molar-refractivity contribution >= 4 is 17.6 Å². The lowest BCUT2D eigenvalue weighted by atomic mass is 9.97. The summed E-state index contributed by atoms with van der Waals surface area (Å²) in [5, 5.41) is 9.13. The Balaban J connectivity index is 1.60. The fourth-order valence-electron chi connectivity index (χ4n) is 3.15. The summed E-state index contributed by atoms with van der Waals surface area (Å²) in [6.07, 6.45) is 2.77. The van der Waals surface area contributed by atoms with Crippen molar-refractivity contribution < 1.29 is 19.4 Å². The number of benzene rings is 1. The molecule has 0 saturated carbocycles. The van der Waals surface area contributed by atoms with E-state index < -0.39 is 5.97 Å². The fourth-order valence-corrected chi connectivity index (χ4v) is 3.15. The Bertz CT molecular complexity index is 818. The van der Waals surface area contributed by atoms with E-state index in [0.717, 1.165) is 5.56 Å². The molecule has 0 spiro atoms. The van der Waals surface area contributed by atoms with Gasteiger partial charge in [0.15, 0.2) is 23.1 Å². The summed E-state index contributed by atoms with van der Waals surface area (Å²) in [5.41, 5.74) is 7.55. The number of anilines is 2. The van der Waals surface area contributed by atoms with Crippen molar-refractivity contribution in [3.63, 3.8) is 0 Å². The van der Waals surface area contributed by atoms with Gasteiger partial charge >= 0.3 is 5.97 Å². The minimum atomic E-state index is -0.743. The minimum absolute atomic E-state index is 0.218. The predicted octanol–water partition coefficient (Wildman–Crippen LogP) is 1.76. The zero-order valence-electron chi connectivity index (χ0n) is 13.5. The van der Waals surface area contributed by atoms with Crippen LogP contribution < -0.4 is 20.1 Å². The topological polar surface area (TPSA) is 111 Å². The molecule has 25 heavy (non-hydrogen) atoms. The van der Waals surface area contributed by atoms with E-state index in [2.05, 4.69) is 9.97 Å². The van der Waals surface area contributed by atoms with Crippen molar-refractivity contribution in [2.75, 3.05) is 30.5 Å². The Morgan fingerprint density at radius 3 is 2.76 bits per heavy atom. The van der Waals surface area contributed by atoms with Gasteiger partial charge in [0, 0.05) is 18.7 Å². The summed E-state index contributed by atoms with van der Waals surface area (Å²) < 4.78 is 10.7. The van der Waals surface area contributed by atoms with Crippen LogP contribution in [0.15, 0.2) is 24.4 Å². The van der Waals surface area contributed by atoms with Crippen LogP contribution in [-0.2, 0) is 4.79 Å². The second-order valence-electron chi connectivity index (χ2n) is 6.13. The van der Waals surface area contributed by atoms with E-state index in [-0.39, 0.29) is 12.7 Å². The second kappa shape index (κ2) is 6.12. The van der Waals surface area contributed by atoms with E-state index in [0.29, 0.717) is 54.8 Å². The van der Waals surface area contributed by atoms with E-state index in [1.807, 2.05) is 23.1 Å². The van der Waals surface area contributed by atoms with Crippen molar-refractivity contribution in [2.24, 2.45) is 5.92 Å². The van der Waals surface area contributed by atoms with Crippen LogP contribution in [-0.4, -0.2) is 40.9 Å². The Hall–Kier alpha value is -3.03. The van der Waals surface area contributed by atoms with Crippen molar-refractivity contribution in [1.82, 2.24) is 9.97 Å². The highest BCUT2D eigenvalue weighted by atomic mass is 16.7. The van der Waals surface area contributed by atoms with E-state index in [1.54, 1.807) is 6.20 Å². The molecule has 0 amide bonds. The molecule has 2 aromatic rings. The maximum absolute atomic E-state index is 11.1.